The Bertz CT molecular complexity index is 834. The summed E-state index contributed by atoms with van der Waals surface area (Å²) in [6.45, 7) is 3.01. The number of nitrogens with one attached hydrogen (secondary N) is 1. The van der Waals surface area contributed by atoms with E-state index in [9.17, 15) is 14.3 Å². The fourth-order valence-corrected chi connectivity index (χ4v) is 5.61. The number of rotatable bonds is 27. The molecule has 8 nitrogen and oxygen atoms in total. The van der Waals surface area contributed by atoms with Gasteiger partial charge < -0.3 is 28.5 Å². The maximum Gasteiger partial charge on any atom is 0.407 e. The minimum Gasteiger partial charge on any atom is -0.756 e. The van der Waals surface area contributed by atoms with Crippen LogP contribution in [-0.2, 0) is 24.9 Å². The van der Waals surface area contributed by atoms with E-state index in [-0.39, 0.29) is 13.2 Å². The number of alkyl carbamates (subject to hydrolysis) is 1. The van der Waals surface area contributed by atoms with Gasteiger partial charge in [-0.2, -0.15) is 0 Å². The number of likely N-dealkylation sites (N-methyl/N-ethyl adjacent to an activating group) is 1. The lowest BCUT2D eigenvalue weighted by atomic mass is 10.0. The molecule has 1 rings (SSSR count). The second-order valence-electron chi connectivity index (χ2n) is 12.6. The van der Waals surface area contributed by atoms with Gasteiger partial charge in [-0.3, -0.25) is 4.57 Å². The standard InChI is InChI=1S/C33H61N2O6P/c1-5-6-7-8-9-10-11-12-13-14-15-16-17-18-19-23-26-32(41-42(37,38)40-28-27-35(2,3)4)30-39-33(36)34-29-31-24-21-20-22-25-31/h20-22,24-25,32H,5-19,23,26-30H2,1-4H3,(H-,34,36,37,38). The first-order valence-corrected chi connectivity index (χ1v) is 18.0. The van der Waals surface area contributed by atoms with Crippen LogP contribution >= 0.6 is 7.82 Å². The highest BCUT2D eigenvalue weighted by atomic mass is 31.2. The maximum atomic E-state index is 12.5. The van der Waals surface area contributed by atoms with Crippen LogP contribution < -0.4 is 10.2 Å². The quantitative estimate of drug-likeness (QED) is 0.0612. The molecule has 1 N–H and O–H groups in total. The molecule has 1 aromatic rings. The lowest BCUT2D eigenvalue weighted by molar-refractivity contribution is -0.870. The third-order valence-corrected chi connectivity index (χ3v) is 8.40. The monoisotopic (exact) mass is 612 g/mol. The average molecular weight is 613 g/mol. The molecule has 0 saturated heterocycles. The molecule has 0 saturated carbocycles. The Morgan fingerprint density at radius 3 is 1.83 bits per heavy atom. The molecule has 2 unspecified atom stereocenters. The number of amides is 1. The molecule has 0 heterocycles. The van der Waals surface area contributed by atoms with Crippen LogP contribution in [0.4, 0.5) is 4.79 Å². The fourth-order valence-electron chi connectivity index (χ4n) is 4.72. The topological polar surface area (TPSA) is 96.9 Å². The van der Waals surface area contributed by atoms with Gasteiger partial charge in [-0.05, 0) is 12.0 Å². The number of benzene rings is 1. The van der Waals surface area contributed by atoms with Crippen molar-refractivity contribution in [3.63, 3.8) is 0 Å². The van der Waals surface area contributed by atoms with Crippen molar-refractivity contribution in [2.24, 2.45) is 0 Å². The van der Waals surface area contributed by atoms with E-state index in [1.807, 2.05) is 51.5 Å². The molecule has 0 aliphatic heterocycles. The van der Waals surface area contributed by atoms with Crippen LogP contribution in [0.2, 0.25) is 0 Å². The number of quaternary nitrogens is 1. The van der Waals surface area contributed by atoms with Crippen LogP contribution in [-0.4, -0.2) is 57.6 Å². The SMILES string of the molecule is CCCCCCCCCCCCCCCCCCC(COC(=O)NCc1ccccc1)OP(=O)([O-])OCC[N+](C)(C)C. The summed E-state index contributed by atoms with van der Waals surface area (Å²) in [6.07, 6.45) is 19.4. The maximum absolute atomic E-state index is 12.5. The predicted molar refractivity (Wildman–Crippen MR) is 170 cm³/mol. The second kappa shape index (κ2) is 23.9. The van der Waals surface area contributed by atoms with Crippen molar-refractivity contribution in [1.82, 2.24) is 5.32 Å². The van der Waals surface area contributed by atoms with Gasteiger partial charge in [-0.25, -0.2) is 4.79 Å². The fraction of sp³-hybridized carbons (Fsp3) is 0.788. The summed E-state index contributed by atoms with van der Waals surface area (Å²) >= 11 is 0. The number of hydrogen-bond acceptors (Lipinski definition) is 6. The van der Waals surface area contributed by atoms with Gasteiger partial charge in [0.25, 0.3) is 7.82 Å². The second-order valence-corrected chi connectivity index (χ2v) is 13.9. The van der Waals surface area contributed by atoms with Gasteiger partial charge in [0.1, 0.15) is 25.9 Å². The number of phosphoric ester groups is 1. The zero-order valence-electron chi connectivity index (χ0n) is 27.2. The number of hydrogen-bond donors (Lipinski definition) is 1. The molecular weight excluding hydrogens is 551 g/mol. The zero-order chi connectivity index (χ0) is 30.9. The van der Waals surface area contributed by atoms with Crippen molar-refractivity contribution in [2.75, 3.05) is 40.9 Å². The number of unbranched alkanes of at least 4 members (excludes halogenated alkanes) is 15. The van der Waals surface area contributed by atoms with Gasteiger partial charge in [0.2, 0.25) is 0 Å². The summed E-state index contributed by atoms with van der Waals surface area (Å²) in [6, 6.07) is 9.52. The molecule has 1 aromatic carbocycles. The lowest BCUT2D eigenvalue weighted by Crippen LogP contribution is -2.37. The smallest absolute Gasteiger partial charge is 0.407 e. The van der Waals surface area contributed by atoms with E-state index >= 15 is 0 Å². The van der Waals surface area contributed by atoms with Crippen LogP contribution in [0.1, 0.15) is 122 Å². The molecule has 1 amide bonds. The van der Waals surface area contributed by atoms with Crippen LogP contribution in [0.5, 0.6) is 0 Å². The minimum atomic E-state index is -4.52. The molecule has 2 atom stereocenters. The molecule has 244 valence electrons. The zero-order valence-corrected chi connectivity index (χ0v) is 28.1. The molecular formula is C33H61N2O6P. The molecule has 0 aliphatic carbocycles. The van der Waals surface area contributed by atoms with Gasteiger partial charge in [-0.1, -0.05) is 140 Å². The number of carbonyl (C=O) groups excluding carboxylic acids is 1. The van der Waals surface area contributed by atoms with Crippen molar-refractivity contribution < 1.29 is 32.5 Å². The molecule has 0 bridgehead atoms. The highest BCUT2D eigenvalue weighted by molar-refractivity contribution is 7.45. The highest BCUT2D eigenvalue weighted by Gasteiger charge is 2.21. The summed E-state index contributed by atoms with van der Waals surface area (Å²) in [5.41, 5.74) is 0.949. The first-order valence-electron chi connectivity index (χ1n) is 16.5. The molecule has 0 spiro atoms. The minimum absolute atomic E-state index is 0.0362. The normalized spacial score (nSPS) is 13.9. The van der Waals surface area contributed by atoms with Crippen molar-refractivity contribution in [2.45, 2.75) is 129 Å². The Morgan fingerprint density at radius 2 is 1.33 bits per heavy atom. The van der Waals surface area contributed by atoms with E-state index in [0.29, 0.717) is 24.0 Å². The van der Waals surface area contributed by atoms with E-state index in [2.05, 4.69) is 12.2 Å². The number of phosphoric acid groups is 1. The summed E-state index contributed by atoms with van der Waals surface area (Å²) in [7, 11) is 1.36. The third-order valence-electron chi connectivity index (χ3n) is 7.35. The summed E-state index contributed by atoms with van der Waals surface area (Å²) < 4.78 is 28.8. The molecule has 0 aliphatic rings. The van der Waals surface area contributed by atoms with Crippen molar-refractivity contribution >= 4 is 13.9 Å². The Hall–Kier alpha value is -1.44. The summed E-state index contributed by atoms with van der Waals surface area (Å²) in [4.78, 5) is 24.7. The van der Waals surface area contributed by atoms with Gasteiger partial charge >= 0.3 is 6.09 Å². The first-order chi connectivity index (χ1) is 20.1. The predicted octanol–water partition coefficient (Wildman–Crippen LogP) is 8.14. The van der Waals surface area contributed by atoms with Crippen molar-refractivity contribution in [1.29, 1.82) is 0 Å². The first kappa shape index (κ1) is 38.6. The average Bonchev–Trinajstić information content (AvgIpc) is 2.94. The third kappa shape index (κ3) is 24.0. The molecule has 0 radical (unpaired) electrons. The number of nitrogens with zero attached hydrogens (tertiary/aromatic N) is 1. The van der Waals surface area contributed by atoms with Crippen molar-refractivity contribution in [3.8, 4) is 0 Å². The Kier molecular flexibility index (Phi) is 22.0. The molecule has 42 heavy (non-hydrogen) atoms. The van der Waals surface area contributed by atoms with Crippen LogP contribution in [0.25, 0.3) is 0 Å². The van der Waals surface area contributed by atoms with Gasteiger partial charge in [0.05, 0.1) is 21.1 Å². The van der Waals surface area contributed by atoms with E-state index < -0.39 is 20.0 Å². The van der Waals surface area contributed by atoms with Gasteiger partial charge in [0.15, 0.2) is 0 Å². The van der Waals surface area contributed by atoms with E-state index in [1.54, 1.807) is 0 Å². The Labute approximate surface area is 257 Å². The number of ether oxygens (including phenoxy) is 1. The van der Waals surface area contributed by atoms with Gasteiger partial charge in [-0.15, -0.1) is 0 Å². The molecule has 9 heteroatoms. The van der Waals surface area contributed by atoms with E-state index in [1.165, 1.54) is 83.5 Å². The largest absolute Gasteiger partial charge is 0.756 e. The molecule has 0 aromatic heterocycles. The lowest BCUT2D eigenvalue weighted by Gasteiger charge is -2.30. The molecule has 0 fully saturated rings. The van der Waals surface area contributed by atoms with Crippen LogP contribution in [0, 0.1) is 0 Å². The van der Waals surface area contributed by atoms with Crippen LogP contribution in [0.3, 0.4) is 0 Å². The van der Waals surface area contributed by atoms with Crippen LogP contribution in [0.15, 0.2) is 30.3 Å². The van der Waals surface area contributed by atoms with E-state index in [4.69, 9.17) is 13.8 Å². The van der Waals surface area contributed by atoms with Crippen molar-refractivity contribution in [3.05, 3.63) is 35.9 Å². The summed E-state index contributed by atoms with van der Waals surface area (Å²) in [5.74, 6) is 0. The summed E-state index contributed by atoms with van der Waals surface area (Å²) in [5, 5.41) is 2.69. The number of carbonyl (C=O) groups is 1. The highest BCUT2D eigenvalue weighted by Crippen LogP contribution is 2.40. The van der Waals surface area contributed by atoms with Gasteiger partial charge in [0, 0.05) is 6.54 Å². The van der Waals surface area contributed by atoms with E-state index in [0.717, 1.165) is 24.8 Å². The Balaban J connectivity index is 2.28. The Morgan fingerprint density at radius 1 is 0.833 bits per heavy atom.